The van der Waals surface area contributed by atoms with Crippen molar-refractivity contribution >= 4 is 10.8 Å². The molecule has 0 atom stereocenters. The lowest BCUT2D eigenvalue weighted by molar-refractivity contribution is 0.184. The van der Waals surface area contributed by atoms with Crippen LogP contribution in [0.3, 0.4) is 0 Å². The van der Waals surface area contributed by atoms with Gasteiger partial charge >= 0.3 is 0 Å². The number of hydrogen-bond acceptors (Lipinski definition) is 5. The lowest BCUT2D eigenvalue weighted by Crippen LogP contribution is -2.13. The topological polar surface area (TPSA) is 93.9 Å². The molecular weight excluding hydrogens is 280 g/mol. The van der Waals surface area contributed by atoms with Gasteiger partial charge < -0.3 is 10.5 Å². The molecule has 22 heavy (non-hydrogen) atoms. The maximum atomic E-state index is 11.8. The van der Waals surface area contributed by atoms with E-state index in [0.29, 0.717) is 17.7 Å². The van der Waals surface area contributed by atoms with E-state index in [4.69, 9.17) is 10.5 Å². The Balaban J connectivity index is 2.16. The number of aromatic amines is 1. The minimum atomic E-state index is -0.218. The van der Waals surface area contributed by atoms with Gasteiger partial charge in [0, 0.05) is 37.0 Å². The first-order chi connectivity index (χ1) is 10.7. The smallest absolute Gasteiger partial charge is 0.272 e. The minimum absolute atomic E-state index is 0.218. The van der Waals surface area contributed by atoms with E-state index in [1.54, 1.807) is 25.6 Å². The highest BCUT2D eigenvalue weighted by molar-refractivity contribution is 5.88. The van der Waals surface area contributed by atoms with Crippen LogP contribution in [0.2, 0.25) is 0 Å². The van der Waals surface area contributed by atoms with Crippen LogP contribution in [0.1, 0.15) is 11.3 Å². The van der Waals surface area contributed by atoms with Gasteiger partial charge in [0.05, 0.1) is 17.7 Å². The molecule has 3 N–H and O–H groups in total. The third-order valence-electron chi connectivity index (χ3n) is 3.50. The van der Waals surface area contributed by atoms with Crippen LogP contribution in [0.15, 0.2) is 41.5 Å². The van der Waals surface area contributed by atoms with E-state index < -0.39 is 0 Å². The number of fused-ring (bicyclic) bond motifs is 1. The Morgan fingerprint density at radius 1 is 1.18 bits per heavy atom. The number of nitrogens with one attached hydrogen (secondary N) is 1. The van der Waals surface area contributed by atoms with Crippen molar-refractivity contribution in [2.45, 2.75) is 13.2 Å². The van der Waals surface area contributed by atoms with Gasteiger partial charge in [-0.05, 0) is 29.3 Å². The molecule has 0 bridgehead atoms. The third kappa shape index (κ3) is 2.61. The molecule has 1 aromatic carbocycles. The number of H-pyrrole nitrogens is 1. The van der Waals surface area contributed by atoms with Crippen molar-refractivity contribution < 1.29 is 4.74 Å². The lowest BCUT2D eigenvalue weighted by atomic mass is 10.0. The van der Waals surface area contributed by atoms with Gasteiger partial charge in [-0.25, -0.2) is 5.10 Å². The fourth-order valence-corrected chi connectivity index (χ4v) is 2.45. The Kier molecular flexibility index (Phi) is 3.95. The van der Waals surface area contributed by atoms with Crippen molar-refractivity contribution in [3.63, 3.8) is 0 Å². The van der Waals surface area contributed by atoms with E-state index in [2.05, 4.69) is 15.2 Å². The number of methoxy groups -OCH3 is 1. The van der Waals surface area contributed by atoms with E-state index in [1.807, 2.05) is 18.2 Å². The molecule has 0 amide bonds. The molecule has 0 aliphatic heterocycles. The van der Waals surface area contributed by atoms with E-state index in [-0.39, 0.29) is 12.1 Å². The van der Waals surface area contributed by atoms with Crippen molar-refractivity contribution in [3.8, 4) is 11.1 Å². The van der Waals surface area contributed by atoms with Crippen molar-refractivity contribution in [3.05, 3.63) is 58.3 Å². The highest BCUT2D eigenvalue weighted by Crippen LogP contribution is 2.24. The van der Waals surface area contributed by atoms with Gasteiger partial charge in [0.1, 0.15) is 0 Å². The Hall–Kier alpha value is -2.57. The van der Waals surface area contributed by atoms with Crippen LogP contribution in [-0.2, 0) is 17.9 Å². The quantitative estimate of drug-likeness (QED) is 0.762. The van der Waals surface area contributed by atoms with Gasteiger partial charge in [-0.2, -0.15) is 5.10 Å². The van der Waals surface area contributed by atoms with Gasteiger partial charge in [-0.1, -0.05) is 6.07 Å². The number of pyridine rings is 1. The van der Waals surface area contributed by atoms with Crippen LogP contribution in [0.25, 0.3) is 21.9 Å². The standard InChI is InChI=1S/C16H16N4O2/c1-22-9-10-4-12(8-18-7-10)11-2-3-13-14(5-11)15(6-17)19-20-16(13)21/h2-5,7-8H,6,9,17H2,1H3,(H,20,21). The molecule has 0 fully saturated rings. The van der Waals surface area contributed by atoms with E-state index in [9.17, 15) is 4.79 Å². The number of aromatic nitrogens is 3. The van der Waals surface area contributed by atoms with Crippen molar-refractivity contribution in [1.82, 2.24) is 15.2 Å². The molecule has 0 radical (unpaired) electrons. The van der Waals surface area contributed by atoms with Gasteiger partial charge in [-0.3, -0.25) is 9.78 Å². The first-order valence-corrected chi connectivity index (χ1v) is 6.87. The predicted octanol–water partition coefficient (Wildman–Crippen LogP) is 1.59. The second-order valence-electron chi connectivity index (χ2n) is 4.98. The molecule has 6 heteroatoms. The summed E-state index contributed by atoms with van der Waals surface area (Å²) in [7, 11) is 1.65. The lowest BCUT2D eigenvalue weighted by Gasteiger charge is -2.07. The number of benzene rings is 1. The summed E-state index contributed by atoms with van der Waals surface area (Å²) >= 11 is 0. The average molecular weight is 296 g/mol. The summed E-state index contributed by atoms with van der Waals surface area (Å²) < 4.78 is 5.13. The summed E-state index contributed by atoms with van der Waals surface area (Å²) in [6.45, 7) is 0.766. The Bertz CT molecular complexity index is 873. The maximum Gasteiger partial charge on any atom is 0.272 e. The number of hydrogen-bond donors (Lipinski definition) is 2. The zero-order chi connectivity index (χ0) is 15.5. The first-order valence-electron chi connectivity index (χ1n) is 6.87. The normalized spacial score (nSPS) is 11.0. The molecule has 0 saturated carbocycles. The van der Waals surface area contributed by atoms with Gasteiger partial charge in [-0.15, -0.1) is 0 Å². The van der Waals surface area contributed by atoms with Crippen LogP contribution < -0.4 is 11.3 Å². The van der Waals surface area contributed by atoms with E-state index in [0.717, 1.165) is 22.1 Å². The number of ether oxygens (including phenoxy) is 1. The molecule has 2 aromatic heterocycles. The molecular formula is C16H16N4O2. The maximum absolute atomic E-state index is 11.8. The molecule has 0 spiro atoms. The average Bonchev–Trinajstić information content (AvgIpc) is 2.55. The summed E-state index contributed by atoms with van der Waals surface area (Å²) in [5.41, 5.74) is 9.06. The number of nitrogens with zero attached hydrogens (tertiary/aromatic N) is 2. The van der Waals surface area contributed by atoms with Crippen LogP contribution in [-0.4, -0.2) is 22.3 Å². The van der Waals surface area contributed by atoms with Crippen LogP contribution in [0.5, 0.6) is 0 Å². The molecule has 0 saturated heterocycles. The fraction of sp³-hybridized carbons (Fsp3) is 0.188. The SMILES string of the molecule is COCc1cncc(-c2ccc3c(=O)[nH]nc(CN)c3c2)c1. The second-order valence-corrected chi connectivity index (χ2v) is 4.98. The fourth-order valence-electron chi connectivity index (χ4n) is 2.45. The largest absolute Gasteiger partial charge is 0.380 e. The molecule has 112 valence electrons. The molecule has 2 heterocycles. The van der Waals surface area contributed by atoms with E-state index >= 15 is 0 Å². The predicted molar refractivity (Wildman–Crippen MR) is 84.2 cm³/mol. The summed E-state index contributed by atoms with van der Waals surface area (Å²) in [5.74, 6) is 0. The summed E-state index contributed by atoms with van der Waals surface area (Å²) in [6, 6.07) is 7.62. The molecule has 0 aliphatic rings. The molecule has 3 aromatic rings. The number of rotatable bonds is 4. The summed E-state index contributed by atoms with van der Waals surface area (Å²) in [5, 5.41) is 7.82. The van der Waals surface area contributed by atoms with Crippen molar-refractivity contribution in [2.75, 3.05) is 7.11 Å². The monoisotopic (exact) mass is 296 g/mol. The zero-order valence-corrected chi connectivity index (χ0v) is 12.2. The van der Waals surface area contributed by atoms with Gasteiger partial charge in [0.2, 0.25) is 0 Å². The summed E-state index contributed by atoms with van der Waals surface area (Å²) in [4.78, 5) is 16.1. The number of nitrogens with two attached hydrogens (primary N) is 1. The van der Waals surface area contributed by atoms with Crippen LogP contribution in [0.4, 0.5) is 0 Å². The van der Waals surface area contributed by atoms with Crippen LogP contribution >= 0.6 is 0 Å². The Labute approximate surface area is 127 Å². The Morgan fingerprint density at radius 3 is 2.82 bits per heavy atom. The van der Waals surface area contributed by atoms with Crippen LogP contribution in [0, 0.1) is 0 Å². The van der Waals surface area contributed by atoms with Crippen molar-refractivity contribution in [2.24, 2.45) is 5.73 Å². The highest BCUT2D eigenvalue weighted by Gasteiger charge is 2.08. The molecule has 0 aliphatic carbocycles. The minimum Gasteiger partial charge on any atom is -0.380 e. The molecule has 6 nitrogen and oxygen atoms in total. The molecule has 0 unspecified atom stereocenters. The highest BCUT2D eigenvalue weighted by atomic mass is 16.5. The molecule has 3 rings (SSSR count). The van der Waals surface area contributed by atoms with E-state index in [1.165, 1.54) is 0 Å². The summed E-state index contributed by atoms with van der Waals surface area (Å²) in [6.07, 6.45) is 3.55. The Morgan fingerprint density at radius 2 is 2.05 bits per heavy atom. The zero-order valence-electron chi connectivity index (χ0n) is 12.2. The van der Waals surface area contributed by atoms with Gasteiger partial charge in [0.15, 0.2) is 0 Å². The first kappa shape index (κ1) is 14.4. The van der Waals surface area contributed by atoms with Gasteiger partial charge in [0.25, 0.3) is 5.56 Å². The van der Waals surface area contributed by atoms with Crippen molar-refractivity contribution in [1.29, 1.82) is 0 Å². The third-order valence-corrected chi connectivity index (χ3v) is 3.50. The second kappa shape index (κ2) is 6.05.